The Balaban J connectivity index is 0.00000280. The minimum absolute atomic E-state index is 0. The van der Waals surface area contributed by atoms with Gasteiger partial charge in [0.15, 0.2) is 11.8 Å². The van der Waals surface area contributed by atoms with Crippen molar-refractivity contribution in [1.29, 1.82) is 0 Å². The Morgan fingerprint density at radius 2 is 2.25 bits per heavy atom. The first-order chi connectivity index (χ1) is 13.2. The van der Waals surface area contributed by atoms with Crippen molar-refractivity contribution in [2.45, 2.75) is 52.3 Å². The molecule has 1 atom stereocenters. The van der Waals surface area contributed by atoms with Gasteiger partial charge in [-0.2, -0.15) is 5.10 Å². The number of methoxy groups -OCH3 is 1. The summed E-state index contributed by atoms with van der Waals surface area (Å²) in [5.41, 5.74) is 2.62. The van der Waals surface area contributed by atoms with Crippen LogP contribution in [0.2, 0.25) is 0 Å². The smallest absolute Gasteiger partial charge is 0.191 e. The van der Waals surface area contributed by atoms with E-state index in [1.54, 1.807) is 7.11 Å². The molecule has 0 bridgehead atoms. The van der Waals surface area contributed by atoms with Crippen LogP contribution >= 0.6 is 24.0 Å². The lowest BCUT2D eigenvalue weighted by molar-refractivity contribution is 0.177. The van der Waals surface area contributed by atoms with Gasteiger partial charge in [-0.15, -0.1) is 24.0 Å². The summed E-state index contributed by atoms with van der Waals surface area (Å²) in [5.74, 6) is 2.67. The molecule has 0 aliphatic carbocycles. The van der Waals surface area contributed by atoms with Crippen molar-refractivity contribution >= 4 is 29.9 Å². The summed E-state index contributed by atoms with van der Waals surface area (Å²) in [4.78, 5) is 9.29. The molecule has 2 heterocycles. The van der Waals surface area contributed by atoms with Crippen LogP contribution in [0.5, 0.6) is 0 Å². The highest BCUT2D eigenvalue weighted by Gasteiger charge is 2.22. The Labute approximate surface area is 184 Å². The molecule has 1 aliphatic heterocycles. The molecule has 3 rings (SSSR count). The van der Waals surface area contributed by atoms with Crippen LogP contribution in [0.15, 0.2) is 29.3 Å². The van der Waals surface area contributed by atoms with E-state index in [4.69, 9.17) is 9.73 Å². The van der Waals surface area contributed by atoms with E-state index in [0.717, 1.165) is 56.5 Å². The fourth-order valence-electron chi connectivity index (χ4n) is 3.35. The molecule has 1 unspecified atom stereocenters. The molecule has 7 nitrogen and oxygen atoms in total. The van der Waals surface area contributed by atoms with E-state index in [1.807, 2.05) is 4.68 Å². The SMILES string of the molecule is CCNC(=NCCc1cccc(C)c1)NC1CCc2nc(COC)nn2C1.I. The van der Waals surface area contributed by atoms with Gasteiger partial charge in [-0.25, -0.2) is 9.67 Å². The lowest BCUT2D eigenvalue weighted by Crippen LogP contribution is -2.47. The van der Waals surface area contributed by atoms with Crippen LogP contribution in [0.3, 0.4) is 0 Å². The second-order valence-electron chi connectivity index (χ2n) is 6.94. The molecule has 0 fully saturated rings. The average molecular weight is 498 g/mol. The number of halogens is 1. The van der Waals surface area contributed by atoms with Crippen LogP contribution in [0.1, 0.15) is 36.1 Å². The predicted molar refractivity (Wildman–Crippen MR) is 122 cm³/mol. The molecular formula is C20H31IN6O. The number of benzene rings is 1. The summed E-state index contributed by atoms with van der Waals surface area (Å²) in [6, 6.07) is 8.91. The minimum atomic E-state index is 0. The van der Waals surface area contributed by atoms with Crippen molar-refractivity contribution in [2.75, 3.05) is 20.2 Å². The zero-order chi connectivity index (χ0) is 19.1. The maximum Gasteiger partial charge on any atom is 0.191 e. The molecule has 0 saturated carbocycles. The number of ether oxygens (including phenoxy) is 1. The van der Waals surface area contributed by atoms with E-state index in [-0.39, 0.29) is 24.0 Å². The van der Waals surface area contributed by atoms with Gasteiger partial charge in [0.2, 0.25) is 0 Å². The van der Waals surface area contributed by atoms with E-state index in [9.17, 15) is 0 Å². The van der Waals surface area contributed by atoms with Crippen molar-refractivity contribution in [3.05, 3.63) is 47.0 Å². The van der Waals surface area contributed by atoms with Crippen molar-refractivity contribution in [2.24, 2.45) is 4.99 Å². The standard InChI is InChI=1S/C20H30N6O.HI/c1-4-21-20(22-11-10-16-7-5-6-15(2)12-16)23-17-8-9-19-24-18(14-27-3)25-26(19)13-17;/h5-7,12,17H,4,8-11,13-14H2,1-3H3,(H2,21,22,23);1H. The van der Waals surface area contributed by atoms with E-state index in [1.165, 1.54) is 11.1 Å². The molecule has 1 aromatic carbocycles. The summed E-state index contributed by atoms with van der Waals surface area (Å²) in [7, 11) is 1.67. The number of nitrogens with zero attached hydrogens (tertiary/aromatic N) is 4. The zero-order valence-electron chi connectivity index (χ0n) is 16.9. The van der Waals surface area contributed by atoms with E-state index in [2.05, 4.69) is 58.8 Å². The largest absolute Gasteiger partial charge is 0.377 e. The van der Waals surface area contributed by atoms with Crippen LogP contribution in [-0.4, -0.2) is 47.0 Å². The number of guanidine groups is 1. The molecule has 0 spiro atoms. The highest BCUT2D eigenvalue weighted by molar-refractivity contribution is 14.0. The molecule has 2 aromatic rings. The van der Waals surface area contributed by atoms with Crippen LogP contribution in [0.4, 0.5) is 0 Å². The first kappa shape index (κ1) is 22.6. The van der Waals surface area contributed by atoms with Crippen LogP contribution in [0.25, 0.3) is 0 Å². The first-order valence-electron chi connectivity index (χ1n) is 9.70. The monoisotopic (exact) mass is 498 g/mol. The Hall–Kier alpha value is -1.68. The molecule has 0 saturated heterocycles. The molecule has 2 N–H and O–H groups in total. The average Bonchev–Trinajstić information content (AvgIpc) is 3.04. The van der Waals surface area contributed by atoms with Gasteiger partial charge in [0.05, 0.1) is 6.54 Å². The number of hydrogen-bond acceptors (Lipinski definition) is 4. The molecular weight excluding hydrogens is 467 g/mol. The lowest BCUT2D eigenvalue weighted by atomic mass is 10.1. The third-order valence-corrected chi connectivity index (χ3v) is 4.61. The Kier molecular flexibility index (Phi) is 9.17. The van der Waals surface area contributed by atoms with Crippen molar-refractivity contribution in [3.63, 3.8) is 0 Å². The van der Waals surface area contributed by atoms with Gasteiger partial charge in [0, 0.05) is 32.7 Å². The highest BCUT2D eigenvalue weighted by Crippen LogP contribution is 2.13. The summed E-state index contributed by atoms with van der Waals surface area (Å²) in [5, 5.41) is 11.4. The van der Waals surface area contributed by atoms with Crippen molar-refractivity contribution < 1.29 is 4.74 Å². The first-order valence-corrected chi connectivity index (χ1v) is 9.70. The topological polar surface area (TPSA) is 76.4 Å². The van der Waals surface area contributed by atoms with Crippen LogP contribution in [-0.2, 0) is 30.7 Å². The summed E-state index contributed by atoms with van der Waals surface area (Å²) >= 11 is 0. The summed E-state index contributed by atoms with van der Waals surface area (Å²) in [6.07, 6.45) is 2.88. The van der Waals surface area contributed by atoms with Gasteiger partial charge in [-0.05, 0) is 32.3 Å². The minimum Gasteiger partial charge on any atom is -0.377 e. The number of aryl methyl sites for hydroxylation is 2. The normalized spacial score (nSPS) is 16.2. The number of aliphatic imine (C=N–C) groups is 1. The number of hydrogen-bond donors (Lipinski definition) is 2. The van der Waals surface area contributed by atoms with Crippen LogP contribution in [0, 0.1) is 6.92 Å². The fraction of sp³-hybridized carbons (Fsp3) is 0.550. The second-order valence-corrected chi connectivity index (χ2v) is 6.94. The number of aromatic nitrogens is 3. The maximum absolute atomic E-state index is 5.13. The number of fused-ring (bicyclic) bond motifs is 1. The van der Waals surface area contributed by atoms with Crippen molar-refractivity contribution in [3.8, 4) is 0 Å². The van der Waals surface area contributed by atoms with Gasteiger partial charge in [0.25, 0.3) is 0 Å². The Morgan fingerprint density at radius 3 is 3.00 bits per heavy atom. The molecule has 0 amide bonds. The summed E-state index contributed by atoms with van der Waals surface area (Å²) < 4.78 is 7.13. The third kappa shape index (κ3) is 6.44. The third-order valence-electron chi connectivity index (χ3n) is 4.61. The van der Waals surface area contributed by atoms with Crippen molar-refractivity contribution in [1.82, 2.24) is 25.4 Å². The van der Waals surface area contributed by atoms with Gasteiger partial charge in [0.1, 0.15) is 12.4 Å². The summed E-state index contributed by atoms with van der Waals surface area (Å²) in [6.45, 7) is 7.08. The predicted octanol–water partition coefficient (Wildman–Crippen LogP) is 2.46. The zero-order valence-corrected chi connectivity index (χ0v) is 19.3. The van der Waals surface area contributed by atoms with E-state index < -0.39 is 0 Å². The molecule has 8 heteroatoms. The van der Waals surface area contributed by atoms with Gasteiger partial charge >= 0.3 is 0 Å². The quantitative estimate of drug-likeness (QED) is 0.349. The van der Waals surface area contributed by atoms with Gasteiger partial charge in [-0.1, -0.05) is 29.8 Å². The molecule has 28 heavy (non-hydrogen) atoms. The number of nitrogens with one attached hydrogen (secondary N) is 2. The van der Waals surface area contributed by atoms with Gasteiger partial charge < -0.3 is 15.4 Å². The van der Waals surface area contributed by atoms with E-state index in [0.29, 0.717) is 12.6 Å². The molecule has 154 valence electrons. The number of rotatable bonds is 7. The van der Waals surface area contributed by atoms with Gasteiger partial charge in [-0.3, -0.25) is 4.99 Å². The Bertz CT molecular complexity index is 776. The highest BCUT2D eigenvalue weighted by atomic mass is 127. The molecule has 1 aromatic heterocycles. The molecule has 0 radical (unpaired) electrons. The van der Waals surface area contributed by atoms with Crippen LogP contribution < -0.4 is 10.6 Å². The lowest BCUT2D eigenvalue weighted by Gasteiger charge is -2.25. The molecule has 1 aliphatic rings. The second kappa shape index (κ2) is 11.4. The van der Waals surface area contributed by atoms with E-state index >= 15 is 0 Å². The Morgan fingerprint density at radius 1 is 1.39 bits per heavy atom. The fourth-order valence-corrected chi connectivity index (χ4v) is 3.35. The maximum atomic E-state index is 5.13.